The maximum Gasteiger partial charge on any atom is 0.211 e. The van der Waals surface area contributed by atoms with E-state index in [0.29, 0.717) is 37.3 Å². The van der Waals surface area contributed by atoms with Crippen molar-refractivity contribution in [3.05, 3.63) is 42.5 Å². The number of pyridine rings is 1. The normalized spacial score (nSPS) is 17.2. The van der Waals surface area contributed by atoms with Crippen molar-refractivity contribution in [2.45, 2.75) is 12.6 Å². The van der Waals surface area contributed by atoms with Crippen LogP contribution in [0.25, 0.3) is 16.7 Å². The highest BCUT2D eigenvalue weighted by Crippen LogP contribution is 2.26. The van der Waals surface area contributed by atoms with E-state index < -0.39 is 12.0 Å². The Morgan fingerprint density at radius 3 is 2.96 bits per heavy atom. The Hall–Kier alpha value is -3.03. The Bertz CT molecular complexity index is 942. The van der Waals surface area contributed by atoms with Gasteiger partial charge in [-0.15, -0.1) is 5.10 Å². The summed E-state index contributed by atoms with van der Waals surface area (Å²) in [5.74, 6) is -0.468. The Kier molecular flexibility index (Phi) is 3.79. The number of anilines is 2. The highest BCUT2D eigenvalue weighted by Gasteiger charge is 2.22. The molecule has 1 aliphatic heterocycles. The molecule has 3 aromatic rings. The van der Waals surface area contributed by atoms with Crippen LogP contribution in [0.4, 0.5) is 20.2 Å². The molecule has 4 rings (SSSR count). The van der Waals surface area contributed by atoms with Gasteiger partial charge in [-0.1, -0.05) is 0 Å². The Morgan fingerprint density at radius 1 is 1.32 bits per heavy atom. The first-order chi connectivity index (χ1) is 12.1. The van der Waals surface area contributed by atoms with Crippen LogP contribution < -0.4 is 10.2 Å². The summed E-state index contributed by atoms with van der Waals surface area (Å²) in [5, 5.41) is 7.50. The molecule has 1 aromatic carbocycles. The predicted molar refractivity (Wildman–Crippen MR) is 90.2 cm³/mol. The second-order valence-corrected chi connectivity index (χ2v) is 5.94. The number of benzene rings is 1. The quantitative estimate of drug-likeness (QED) is 0.740. The summed E-state index contributed by atoms with van der Waals surface area (Å²) in [5.41, 5.74) is 1.96. The number of halogens is 2. The molecule has 2 aromatic heterocycles. The zero-order valence-electron chi connectivity index (χ0n) is 13.2. The number of rotatable bonds is 4. The van der Waals surface area contributed by atoms with Crippen LogP contribution in [-0.2, 0) is 4.79 Å². The van der Waals surface area contributed by atoms with Crippen molar-refractivity contribution in [2.24, 2.45) is 0 Å². The molecular formula is C17H15F2N5O. The molecule has 1 N–H and O–H groups in total. The third kappa shape index (κ3) is 2.90. The van der Waals surface area contributed by atoms with Crippen molar-refractivity contribution < 1.29 is 13.6 Å². The fraction of sp³-hybridized carbons (Fsp3) is 0.235. The van der Waals surface area contributed by atoms with E-state index in [1.165, 1.54) is 22.9 Å². The van der Waals surface area contributed by atoms with Gasteiger partial charge in [-0.2, -0.15) is 0 Å². The highest BCUT2D eigenvalue weighted by atomic mass is 19.1. The van der Waals surface area contributed by atoms with E-state index in [4.69, 9.17) is 0 Å². The Balaban J connectivity index is 1.72. The van der Waals surface area contributed by atoms with E-state index in [1.54, 1.807) is 12.4 Å². The summed E-state index contributed by atoms with van der Waals surface area (Å²) < 4.78 is 28.9. The van der Waals surface area contributed by atoms with E-state index in [1.807, 2.05) is 11.0 Å². The van der Waals surface area contributed by atoms with Gasteiger partial charge < -0.3 is 10.2 Å². The predicted octanol–water partition coefficient (Wildman–Crippen LogP) is 2.68. The number of hydrogen-bond acceptors (Lipinski definition) is 4. The lowest BCUT2D eigenvalue weighted by Gasteiger charge is -2.16. The smallest absolute Gasteiger partial charge is 0.211 e. The monoisotopic (exact) mass is 343 g/mol. The van der Waals surface area contributed by atoms with Crippen molar-refractivity contribution in [3.8, 4) is 5.69 Å². The first kappa shape index (κ1) is 15.5. The summed E-state index contributed by atoms with van der Waals surface area (Å²) in [4.78, 5) is 16.8. The molecule has 128 valence electrons. The molecule has 1 fully saturated rings. The molecular weight excluding hydrogens is 328 g/mol. The van der Waals surface area contributed by atoms with Crippen LogP contribution >= 0.6 is 0 Å². The zero-order valence-corrected chi connectivity index (χ0v) is 13.2. The topological polar surface area (TPSA) is 63.1 Å². The standard InChI is InChI=1S/C17H15F2N5O/c18-12-3-4-23(9-12)14-5-11-8-24(22-17(11)20-7-14)16-6-13(21-10-25)1-2-15(16)19/h1-2,5-8,10,12H,3-4,9H2,(H,21,25). The third-order valence-electron chi connectivity index (χ3n) is 4.26. The van der Waals surface area contributed by atoms with Crippen molar-refractivity contribution >= 4 is 28.8 Å². The minimum absolute atomic E-state index is 0.205. The van der Waals surface area contributed by atoms with Crippen molar-refractivity contribution in [3.63, 3.8) is 0 Å². The van der Waals surface area contributed by atoms with Crippen molar-refractivity contribution in [1.82, 2.24) is 14.8 Å². The fourth-order valence-electron chi connectivity index (χ4n) is 3.00. The minimum Gasteiger partial charge on any atom is -0.367 e. The lowest BCUT2D eigenvalue weighted by molar-refractivity contribution is -0.105. The third-order valence-corrected chi connectivity index (χ3v) is 4.26. The van der Waals surface area contributed by atoms with Gasteiger partial charge in [0.2, 0.25) is 6.41 Å². The van der Waals surface area contributed by atoms with Gasteiger partial charge in [0.05, 0.1) is 11.9 Å². The first-order valence-electron chi connectivity index (χ1n) is 7.88. The molecule has 25 heavy (non-hydrogen) atoms. The molecule has 1 saturated heterocycles. The maximum absolute atomic E-state index is 14.1. The largest absolute Gasteiger partial charge is 0.367 e. The molecule has 0 spiro atoms. The molecule has 1 aliphatic rings. The van der Waals surface area contributed by atoms with E-state index in [9.17, 15) is 13.6 Å². The summed E-state index contributed by atoms with van der Waals surface area (Å²) in [7, 11) is 0. The van der Waals surface area contributed by atoms with Crippen LogP contribution in [0, 0.1) is 5.82 Å². The number of fused-ring (bicyclic) bond motifs is 1. The second kappa shape index (κ2) is 6.12. The fourth-order valence-corrected chi connectivity index (χ4v) is 3.00. The number of hydrogen-bond donors (Lipinski definition) is 1. The van der Waals surface area contributed by atoms with Crippen LogP contribution in [0.1, 0.15) is 6.42 Å². The number of alkyl halides is 1. The first-order valence-corrected chi connectivity index (χ1v) is 7.88. The number of carbonyl (C=O) groups is 1. The van der Waals surface area contributed by atoms with E-state index in [-0.39, 0.29) is 5.69 Å². The van der Waals surface area contributed by atoms with Gasteiger partial charge >= 0.3 is 0 Å². The van der Waals surface area contributed by atoms with E-state index in [0.717, 1.165) is 11.1 Å². The van der Waals surface area contributed by atoms with Crippen LogP contribution in [0.3, 0.4) is 0 Å². The van der Waals surface area contributed by atoms with E-state index in [2.05, 4.69) is 15.4 Å². The van der Waals surface area contributed by atoms with Gasteiger partial charge in [-0.05, 0) is 30.7 Å². The molecule has 1 unspecified atom stereocenters. The van der Waals surface area contributed by atoms with Gasteiger partial charge in [-0.25, -0.2) is 18.4 Å². The molecule has 8 heteroatoms. The Labute approximate surface area is 142 Å². The average Bonchev–Trinajstić information content (AvgIpc) is 3.22. The van der Waals surface area contributed by atoms with Gasteiger partial charge in [0.1, 0.15) is 17.7 Å². The summed E-state index contributed by atoms with van der Waals surface area (Å²) in [6, 6.07) is 6.09. The van der Waals surface area contributed by atoms with Gasteiger partial charge in [0.25, 0.3) is 0 Å². The van der Waals surface area contributed by atoms with Gasteiger partial charge in [0, 0.05) is 30.4 Å². The Morgan fingerprint density at radius 2 is 2.20 bits per heavy atom. The second-order valence-electron chi connectivity index (χ2n) is 5.94. The summed E-state index contributed by atoms with van der Waals surface area (Å²) in [6.45, 7) is 1.01. The van der Waals surface area contributed by atoms with Crippen LogP contribution in [0.5, 0.6) is 0 Å². The summed E-state index contributed by atoms with van der Waals surface area (Å²) >= 11 is 0. The lowest BCUT2D eigenvalue weighted by atomic mass is 10.2. The molecule has 0 bridgehead atoms. The zero-order chi connectivity index (χ0) is 17.4. The number of aromatic nitrogens is 3. The van der Waals surface area contributed by atoms with Gasteiger partial charge in [-0.3, -0.25) is 4.79 Å². The van der Waals surface area contributed by atoms with Crippen LogP contribution in [0.15, 0.2) is 36.7 Å². The molecule has 0 radical (unpaired) electrons. The molecule has 1 amide bonds. The number of nitrogens with one attached hydrogen (secondary N) is 1. The summed E-state index contributed by atoms with van der Waals surface area (Å²) in [6.07, 6.45) is 3.54. The highest BCUT2D eigenvalue weighted by molar-refractivity contribution is 5.79. The number of nitrogens with zero attached hydrogens (tertiary/aromatic N) is 4. The van der Waals surface area contributed by atoms with Gasteiger partial charge in [0.15, 0.2) is 5.65 Å². The molecule has 6 nitrogen and oxygen atoms in total. The van der Waals surface area contributed by atoms with Crippen molar-refractivity contribution in [1.29, 1.82) is 0 Å². The minimum atomic E-state index is -0.819. The molecule has 1 atom stereocenters. The SMILES string of the molecule is O=CNc1ccc(F)c(-n2cc3cc(N4CCC(F)C4)cnc3n2)c1. The molecule has 0 aliphatic carbocycles. The maximum atomic E-state index is 14.1. The molecule has 0 saturated carbocycles. The van der Waals surface area contributed by atoms with Crippen LogP contribution in [0.2, 0.25) is 0 Å². The number of carbonyl (C=O) groups excluding carboxylic acids is 1. The average molecular weight is 343 g/mol. The van der Waals surface area contributed by atoms with E-state index >= 15 is 0 Å². The lowest BCUT2D eigenvalue weighted by Crippen LogP contribution is -2.19. The number of amides is 1. The molecule has 3 heterocycles. The van der Waals surface area contributed by atoms with Crippen LogP contribution in [-0.4, -0.2) is 40.4 Å². The van der Waals surface area contributed by atoms with Crippen molar-refractivity contribution in [2.75, 3.05) is 23.3 Å².